The third-order valence-electron chi connectivity index (χ3n) is 4.05. The molecule has 3 aromatic rings. The minimum atomic E-state index is -0.366. The van der Waals surface area contributed by atoms with Gasteiger partial charge in [-0.1, -0.05) is 18.2 Å². The number of benzene rings is 2. The number of nitrogens with one attached hydrogen (secondary N) is 1. The lowest BCUT2D eigenvalue weighted by atomic mass is 10.2. The number of tetrazole rings is 1. The second-order valence-corrected chi connectivity index (χ2v) is 5.85. The summed E-state index contributed by atoms with van der Waals surface area (Å²) >= 11 is 0. The molecule has 4 rings (SSSR count). The van der Waals surface area contributed by atoms with Crippen LogP contribution in [-0.4, -0.2) is 45.5 Å². The van der Waals surface area contributed by atoms with E-state index in [1.165, 1.54) is 9.36 Å². The molecule has 0 saturated carbocycles. The third kappa shape index (κ3) is 3.52. The van der Waals surface area contributed by atoms with Crippen LogP contribution in [0.25, 0.3) is 5.69 Å². The molecule has 0 radical (unpaired) electrons. The van der Waals surface area contributed by atoms with Gasteiger partial charge < -0.3 is 14.8 Å². The van der Waals surface area contributed by atoms with Crippen LogP contribution in [0.5, 0.6) is 11.5 Å². The first-order chi connectivity index (χ1) is 13.2. The number of amides is 1. The summed E-state index contributed by atoms with van der Waals surface area (Å²) in [5, 5.41) is 10.5. The largest absolute Gasteiger partial charge is 0.486 e. The first-order valence-electron chi connectivity index (χ1n) is 8.48. The number of nitrogens with zero attached hydrogens (tertiary/aromatic N) is 4. The summed E-state index contributed by atoms with van der Waals surface area (Å²) in [4.78, 5) is 24.6. The lowest BCUT2D eigenvalue weighted by Gasteiger charge is -2.18. The van der Waals surface area contributed by atoms with Crippen LogP contribution in [-0.2, 0) is 6.54 Å². The second kappa shape index (κ2) is 7.32. The van der Waals surface area contributed by atoms with E-state index in [0.717, 1.165) is 0 Å². The smallest absolute Gasteiger partial charge is 0.368 e. The van der Waals surface area contributed by atoms with Crippen molar-refractivity contribution in [3.8, 4) is 17.2 Å². The van der Waals surface area contributed by atoms with Gasteiger partial charge in [0.2, 0.25) is 0 Å². The number of carbonyl (C=O) groups is 1. The highest BCUT2D eigenvalue weighted by Gasteiger charge is 2.15. The van der Waals surface area contributed by atoms with E-state index >= 15 is 0 Å². The summed E-state index contributed by atoms with van der Waals surface area (Å²) in [6.07, 6.45) is 0. The average molecular weight is 367 g/mol. The molecule has 0 fully saturated rings. The highest BCUT2D eigenvalue weighted by molar-refractivity contribution is 5.94. The Morgan fingerprint density at radius 2 is 1.81 bits per heavy atom. The van der Waals surface area contributed by atoms with Crippen LogP contribution >= 0.6 is 0 Å². The molecule has 138 valence electrons. The fourth-order valence-corrected chi connectivity index (χ4v) is 2.71. The van der Waals surface area contributed by atoms with Crippen molar-refractivity contribution in [1.82, 2.24) is 25.1 Å². The van der Waals surface area contributed by atoms with E-state index in [4.69, 9.17) is 9.47 Å². The van der Waals surface area contributed by atoms with Crippen molar-refractivity contribution in [3.05, 3.63) is 64.6 Å². The van der Waals surface area contributed by atoms with Gasteiger partial charge in [0.15, 0.2) is 11.5 Å². The van der Waals surface area contributed by atoms with E-state index in [2.05, 4.69) is 15.7 Å². The standard InChI is InChI=1S/C18H17N5O4/c24-17(13-6-7-15-16(12-13)27-11-10-26-15)19-8-9-22-18(25)23(21-20-22)14-4-2-1-3-5-14/h1-7,12H,8-11H2,(H,19,24). The van der Waals surface area contributed by atoms with Gasteiger partial charge in [0, 0.05) is 12.1 Å². The number of carbonyl (C=O) groups excluding carboxylic acids is 1. The SMILES string of the molecule is O=C(NCCn1nnn(-c2ccccc2)c1=O)c1ccc2c(c1)OCCO2. The highest BCUT2D eigenvalue weighted by Crippen LogP contribution is 2.30. The first kappa shape index (κ1) is 16.8. The highest BCUT2D eigenvalue weighted by atomic mass is 16.6. The lowest BCUT2D eigenvalue weighted by molar-refractivity contribution is 0.0950. The van der Waals surface area contributed by atoms with Crippen LogP contribution in [0, 0.1) is 0 Å². The topological polar surface area (TPSA) is 100 Å². The van der Waals surface area contributed by atoms with E-state index in [-0.39, 0.29) is 24.7 Å². The third-order valence-corrected chi connectivity index (χ3v) is 4.05. The Hall–Kier alpha value is -3.62. The van der Waals surface area contributed by atoms with Gasteiger partial charge in [0.1, 0.15) is 13.2 Å². The Kier molecular flexibility index (Phi) is 4.56. The molecule has 1 amide bonds. The number of rotatable bonds is 5. The summed E-state index contributed by atoms with van der Waals surface area (Å²) in [6.45, 7) is 1.40. The van der Waals surface area contributed by atoms with Crippen LogP contribution in [0.2, 0.25) is 0 Å². The number of fused-ring (bicyclic) bond motifs is 1. The Bertz CT molecular complexity index is 1010. The Morgan fingerprint density at radius 1 is 1.04 bits per heavy atom. The molecule has 1 aliphatic heterocycles. The summed E-state index contributed by atoms with van der Waals surface area (Å²) in [5.74, 6) is 0.910. The Morgan fingerprint density at radius 3 is 2.63 bits per heavy atom. The van der Waals surface area contributed by atoms with Gasteiger partial charge in [-0.3, -0.25) is 4.79 Å². The zero-order valence-corrected chi connectivity index (χ0v) is 14.4. The van der Waals surface area contributed by atoms with Gasteiger partial charge in [0.05, 0.1) is 12.2 Å². The second-order valence-electron chi connectivity index (χ2n) is 5.85. The van der Waals surface area contributed by atoms with Crippen LogP contribution < -0.4 is 20.5 Å². The lowest BCUT2D eigenvalue weighted by Crippen LogP contribution is -2.32. The van der Waals surface area contributed by atoms with Gasteiger partial charge in [-0.25, -0.2) is 4.79 Å². The fourth-order valence-electron chi connectivity index (χ4n) is 2.71. The minimum Gasteiger partial charge on any atom is -0.486 e. The maximum atomic E-state index is 12.3. The zero-order valence-electron chi connectivity index (χ0n) is 14.4. The van der Waals surface area contributed by atoms with Crippen molar-refractivity contribution in [2.45, 2.75) is 6.54 Å². The van der Waals surface area contributed by atoms with Crippen LogP contribution in [0.4, 0.5) is 0 Å². The van der Waals surface area contributed by atoms with Gasteiger partial charge in [-0.15, -0.1) is 0 Å². The van der Waals surface area contributed by atoms with Crippen molar-refractivity contribution < 1.29 is 14.3 Å². The summed E-state index contributed by atoms with van der Waals surface area (Å²) in [7, 11) is 0. The fraction of sp³-hybridized carbons (Fsp3) is 0.222. The molecule has 2 aromatic carbocycles. The number of hydrogen-bond acceptors (Lipinski definition) is 6. The molecule has 0 aliphatic carbocycles. The molecule has 0 atom stereocenters. The predicted octanol–water partition coefficient (Wildman–Crippen LogP) is 0.630. The van der Waals surface area contributed by atoms with Crippen LogP contribution in [0.15, 0.2) is 53.3 Å². The van der Waals surface area contributed by atoms with Crippen molar-refractivity contribution in [2.24, 2.45) is 0 Å². The summed E-state index contributed by atoms with van der Waals surface area (Å²) in [5.41, 5.74) is 0.725. The molecule has 1 aromatic heterocycles. The maximum Gasteiger partial charge on any atom is 0.368 e. The molecule has 1 aliphatic rings. The van der Waals surface area contributed by atoms with Gasteiger partial charge >= 0.3 is 5.69 Å². The number of para-hydroxylation sites is 1. The zero-order chi connectivity index (χ0) is 18.6. The van der Waals surface area contributed by atoms with Crippen molar-refractivity contribution in [1.29, 1.82) is 0 Å². The Labute approximate surface area is 154 Å². The van der Waals surface area contributed by atoms with Crippen LogP contribution in [0.1, 0.15) is 10.4 Å². The van der Waals surface area contributed by atoms with Crippen LogP contribution in [0.3, 0.4) is 0 Å². The molecule has 9 heteroatoms. The molecular formula is C18H17N5O4. The van der Waals surface area contributed by atoms with E-state index in [9.17, 15) is 9.59 Å². The monoisotopic (exact) mass is 367 g/mol. The summed E-state index contributed by atoms with van der Waals surface area (Å²) < 4.78 is 13.3. The molecule has 2 heterocycles. The normalized spacial score (nSPS) is 12.6. The van der Waals surface area contributed by atoms with Gasteiger partial charge in [-0.05, 0) is 40.8 Å². The maximum absolute atomic E-state index is 12.3. The van der Waals surface area contributed by atoms with Crippen molar-refractivity contribution in [2.75, 3.05) is 19.8 Å². The van der Waals surface area contributed by atoms with E-state index < -0.39 is 0 Å². The molecule has 0 bridgehead atoms. The molecule has 27 heavy (non-hydrogen) atoms. The quantitative estimate of drug-likeness (QED) is 0.710. The molecule has 9 nitrogen and oxygen atoms in total. The van der Waals surface area contributed by atoms with Gasteiger partial charge in [-0.2, -0.15) is 9.36 Å². The van der Waals surface area contributed by atoms with E-state index in [0.29, 0.717) is 36.0 Å². The van der Waals surface area contributed by atoms with Crippen molar-refractivity contribution >= 4 is 5.91 Å². The van der Waals surface area contributed by atoms with Crippen molar-refractivity contribution in [3.63, 3.8) is 0 Å². The Balaban J connectivity index is 1.38. The number of ether oxygens (including phenoxy) is 2. The number of aromatic nitrogens is 4. The average Bonchev–Trinajstić information content (AvgIpc) is 3.08. The molecule has 0 unspecified atom stereocenters. The minimum absolute atomic E-state index is 0.210. The molecular weight excluding hydrogens is 350 g/mol. The van der Waals surface area contributed by atoms with E-state index in [1.807, 2.05) is 18.2 Å². The van der Waals surface area contributed by atoms with Gasteiger partial charge in [0.25, 0.3) is 5.91 Å². The molecule has 0 spiro atoms. The number of hydrogen-bond donors (Lipinski definition) is 1. The summed E-state index contributed by atoms with van der Waals surface area (Å²) in [6, 6.07) is 14.0. The molecule has 1 N–H and O–H groups in total. The first-order valence-corrected chi connectivity index (χ1v) is 8.48. The molecule has 0 saturated heterocycles. The predicted molar refractivity (Wildman–Crippen MR) is 95.4 cm³/mol. The van der Waals surface area contributed by atoms with E-state index in [1.54, 1.807) is 30.3 Å².